The Bertz CT molecular complexity index is 770. The number of carboxylic acids is 1. The number of carbonyl (C=O) groups is 2. The lowest BCUT2D eigenvalue weighted by Crippen LogP contribution is -2.24. The van der Waals surface area contributed by atoms with Crippen LogP contribution in [0.1, 0.15) is 11.1 Å². The van der Waals surface area contributed by atoms with E-state index in [9.17, 15) is 9.59 Å². The fraction of sp³-hybridized carbons (Fsp3) is 0.118. The van der Waals surface area contributed by atoms with Gasteiger partial charge in [-0.3, -0.25) is 4.79 Å². The van der Waals surface area contributed by atoms with E-state index in [1.165, 1.54) is 17.8 Å². The molecule has 2 aliphatic rings. The molecule has 1 unspecified atom stereocenters. The van der Waals surface area contributed by atoms with Crippen LogP contribution in [-0.2, 0) is 9.59 Å². The van der Waals surface area contributed by atoms with Crippen LogP contribution in [0.4, 0.5) is 0 Å². The molecule has 0 fully saturated rings. The number of rotatable bonds is 2. The molecule has 0 aromatic heterocycles. The first-order valence-electron chi connectivity index (χ1n) is 6.74. The standard InChI is InChI=1S/C17H13NO3S/c1-10-2-4-11(5-3-10)8-15-16(19)18-13-9-12(17(20)21)6-7-14(13)22-15/h2-9,14H,1H3,(H,20,21)/b15-8+. The molecule has 110 valence electrons. The molecule has 4 nitrogen and oxygen atoms in total. The van der Waals surface area contributed by atoms with E-state index in [1.54, 1.807) is 12.2 Å². The Hall–Kier alpha value is -2.40. The maximum absolute atomic E-state index is 12.1. The van der Waals surface area contributed by atoms with Gasteiger partial charge in [0.2, 0.25) is 0 Å². The summed E-state index contributed by atoms with van der Waals surface area (Å²) in [5, 5.41) is 8.87. The summed E-state index contributed by atoms with van der Waals surface area (Å²) in [5.74, 6) is -1.34. The van der Waals surface area contributed by atoms with Gasteiger partial charge in [-0.15, -0.1) is 11.8 Å². The molecule has 0 radical (unpaired) electrons. The average molecular weight is 311 g/mol. The Morgan fingerprint density at radius 1 is 1.32 bits per heavy atom. The van der Waals surface area contributed by atoms with Crippen LogP contribution in [-0.4, -0.2) is 27.9 Å². The van der Waals surface area contributed by atoms with Gasteiger partial charge in [0.15, 0.2) is 0 Å². The monoisotopic (exact) mass is 311 g/mol. The summed E-state index contributed by atoms with van der Waals surface area (Å²) in [5.41, 5.74) is 2.75. The highest BCUT2D eigenvalue weighted by Crippen LogP contribution is 2.33. The summed E-state index contributed by atoms with van der Waals surface area (Å²) in [6, 6.07) is 7.88. The number of aryl methyl sites for hydroxylation is 1. The number of hydrogen-bond acceptors (Lipinski definition) is 3. The van der Waals surface area contributed by atoms with Crippen molar-refractivity contribution in [1.82, 2.24) is 0 Å². The molecule has 1 aliphatic carbocycles. The fourth-order valence-electron chi connectivity index (χ4n) is 2.18. The van der Waals surface area contributed by atoms with Crippen molar-refractivity contribution in [3.63, 3.8) is 0 Å². The third-order valence-corrected chi connectivity index (χ3v) is 4.56. The predicted molar refractivity (Wildman–Crippen MR) is 87.8 cm³/mol. The van der Waals surface area contributed by atoms with E-state index in [4.69, 9.17) is 5.11 Å². The van der Waals surface area contributed by atoms with Crippen LogP contribution in [0.2, 0.25) is 0 Å². The van der Waals surface area contributed by atoms with Crippen LogP contribution in [0, 0.1) is 6.92 Å². The Labute approximate surface area is 132 Å². The van der Waals surface area contributed by atoms with Gasteiger partial charge in [0.25, 0.3) is 5.91 Å². The molecule has 3 rings (SSSR count). The summed E-state index contributed by atoms with van der Waals surface area (Å²) < 4.78 is 0. The van der Waals surface area contributed by atoms with E-state index in [0.29, 0.717) is 10.6 Å². The minimum absolute atomic E-state index is 0.113. The molecule has 1 aromatic rings. The van der Waals surface area contributed by atoms with Gasteiger partial charge in [0.05, 0.1) is 21.4 Å². The highest BCUT2D eigenvalue weighted by molar-refractivity contribution is 8.05. The number of aliphatic carboxylic acids is 1. The predicted octanol–water partition coefficient (Wildman–Crippen LogP) is 3.00. The summed E-state index contributed by atoms with van der Waals surface area (Å²) in [6.07, 6.45) is 6.60. The summed E-state index contributed by atoms with van der Waals surface area (Å²) in [6.45, 7) is 2.01. The number of fused-ring (bicyclic) bond motifs is 1. The lowest BCUT2D eigenvalue weighted by molar-refractivity contribution is -0.132. The molecule has 1 aromatic carbocycles. The molecule has 1 N–H and O–H groups in total. The summed E-state index contributed by atoms with van der Waals surface area (Å²) in [4.78, 5) is 27.7. The fourth-order valence-corrected chi connectivity index (χ4v) is 3.20. The molecule has 22 heavy (non-hydrogen) atoms. The van der Waals surface area contributed by atoms with Gasteiger partial charge >= 0.3 is 5.97 Å². The number of thioether (sulfide) groups is 1. The maximum atomic E-state index is 12.1. The second-order valence-corrected chi connectivity index (χ2v) is 6.25. The topological polar surface area (TPSA) is 66.7 Å². The molecule has 5 heteroatoms. The second kappa shape index (κ2) is 5.77. The quantitative estimate of drug-likeness (QED) is 0.853. The zero-order valence-corrected chi connectivity index (χ0v) is 12.6. The average Bonchev–Trinajstić information content (AvgIpc) is 2.49. The zero-order chi connectivity index (χ0) is 15.7. The van der Waals surface area contributed by atoms with E-state index in [1.807, 2.05) is 37.3 Å². The number of carbonyl (C=O) groups excluding carboxylic acids is 1. The van der Waals surface area contributed by atoms with Gasteiger partial charge in [-0.2, -0.15) is 0 Å². The van der Waals surface area contributed by atoms with Crippen molar-refractivity contribution in [2.75, 3.05) is 0 Å². The Balaban J connectivity index is 1.90. The number of nitrogens with zero attached hydrogens (tertiary/aromatic N) is 1. The molecule has 0 saturated carbocycles. The normalized spacial score (nSPS) is 22.1. The zero-order valence-electron chi connectivity index (χ0n) is 11.8. The van der Waals surface area contributed by atoms with Crippen molar-refractivity contribution < 1.29 is 14.7 Å². The highest BCUT2D eigenvalue weighted by atomic mass is 32.2. The maximum Gasteiger partial charge on any atom is 0.335 e. The first-order valence-corrected chi connectivity index (χ1v) is 7.62. The van der Waals surface area contributed by atoms with Crippen LogP contribution in [0.5, 0.6) is 0 Å². The first kappa shape index (κ1) is 14.5. The molecule has 1 amide bonds. The van der Waals surface area contributed by atoms with E-state index in [0.717, 1.165) is 11.1 Å². The number of carboxylic acid groups (broad SMARTS) is 1. The Morgan fingerprint density at radius 3 is 2.73 bits per heavy atom. The lowest BCUT2D eigenvalue weighted by atomic mass is 10.0. The van der Waals surface area contributed by atoms with Gasteiger partial charge in [0.1, 0.15) is 0 Å². The second-order valence-electron chi connectivity index (χ2n) is 5.06. The molecule has 0 spiro atoms. The van der Waals surface area contributed by atoms with Crippen LogP contribution >= 0.6 is 11.8 Å². The molecule has 1 aliphatic heterocycles. The van der Waals surface area contributed by atoms with E-state index >= 15 is 0 Å². The molecule has 0 bridgehead atoms. The molecule has 1 heterocycles. The van der Waals surface area contributed by atoms with Crippen LogP contribution in [0.3, 0.4) is 0 Å². The molecular formula is C17H13NO3S. The van der Waals surface area contributed by atoms with Crippen molar-refractivity contribution in [2.24, 2.45) is 4.99 Å². The van der Waals surface area contributed by atoms with Crippen molar-refractivity contribution in [1.29, 1.82) is 0 Å². The van der Waals surface area contributed by atoms with Gasteiger partial charge in [-0.25, -0.2) is 9.79 Å². The Morgan fingerprint density at radius 2 is 2.05 bits per heavy atom. The van der Waals surface area contributed by atoms with Crippen LogP contribution in [0.25, 0.3) is 6.08 Å². The number of aliphatic imine (C=N–C) groups is 1. The smallest absolute Gasteiger partial charge is 0.335 e. The van der Waals surface area contributed by atoms with Gasteiger partial charge < -0.3 is 5.11 Å². The number of benzene rings is 1. The number of hydrogen-bond donors (Lipinski definition) is 1. The Kier molecular flexibility index (Phi) is 3.81. The molecular weight excluding hydrogens is 298 g/mol. The molecule has 1 atom stereocenters. The van der Waals surface area contributed by atoms with Crippen LogP contribution < -0.4 is 0 Å². The van der Waals surface area contributed by atoms with Crippen molar-refractivity contribution >= 4 is 35.4 Å². The van der Waals surface area contributed by atoms with Crippen molar-refractivity contribution in [2.45, 2.75) is 12.2 Å². The number of amides is 1. The van der Waals surface area contributed by atoms with Crippen LogP contribution in [0.15, 0.2) is 58.0 Å². The number of allylic oxidation sites excluding steroid dienone is 1. The minimum atomic E-state index is -1.02. The van der Waals surface area contributed by atoms with E-state index < -0.39 is 5.97 Å². The lowest BCUT2D eigenvalue weighted by Gasteiger charge is -2.21. The van der Waals surface area contributed by atoms with Gasteiger partial charge in [-0.05, 0) is 24.6 Å². The highest BCUT2D eigenvalue weighted by Gasteiger charge is 2.28. The minimum Gasteiger partial charge on any atom is -0.478 e. The van der Waals surface area contributed by atoms with E-state index in [2.05, 4.69) is 4.99 Å². The molecule has 0 saturated heterocycles. The van der Waals surface area contributed by atoms with Crippen molar-refractivity contribution in [3.05, 3.63) is 64.1 Å². The third-order valence-electron chi connectivity index (χ3n) is 3.36. The van der Waals surface area contributed by atoms with Gasteiger partial charge in [0, 0.05) is 0 Å². The SMILES string of the molecule is Cc1ccc(/C=C2/SC3C=CC(C(=O)O)=CC3=NC2=O)cc1. The summed E-state index contributed by atoms with van der Waals surface area (Å²) >= 11 is 1.39. The largest absolute Gasteiger partial charge is 0.478 e. The van der Waals surface area contributed by atoms with Crippen molar-refractivity contribution in [3.8, 4) is 0 Å². The van der Waals surface area contributed by atoms with E-state index in [-0.39, 0.29) is 16.7 Å². The summed E-state index contributed by atoms with van der Waals surface area (Å²) in [7, 11) is 0. The third kappa shape index (κ3) is 2.94. The van der Waals surface area contributed by atoms with Gasteiger partial charge in [-0.1, -0.05) is 42.0 Å². The first-order chi connectivity index (χ1) is 10.5.